The predicted octanol–water partition coefficient (Wildman–Crippen LogP) is 1.09. The standard InChI is InChI=1S/C23H37N5O5/c1-4-14-26-17-10-8-16(9-11-17)21(30)27-15-6-5-7-18(22(31)25-3)28-20(29)13-12-19(24-2)23(32)33/h8-11,18-19,24,26H,4-7,12-15H2,1-3H3,(H,25,31)(H,27,30)(H,28,29)(H,32,33). The van der Waals surface area contributed by atoms with Crippen molar-refractivity contribution in [2.45, 2.75) is 57.5 Å². The van der Waals surface area contributed by atoms with Crippen LogP contribution >= 0.6 is 0 Å². The van der Waals surface area contributed by atoms with Crippen molar-refractivity contribution < 1.29 is 24.3 Å². The number of carboxylic acids is 1. The molecule has 0 fully saturated rings. The summed E-state index contributed by atoms with van der Waals surface area (Å²) in [6.45, 7) is 3.41. The summed E-state index contributed by atoms with van der Waals surface area (Å²) in [6.07, 6.45) is 2.81. The Morgan fingerprint density at radius 3 is 2.21 bits per heavy atom. The number of carbonyl (C=O) groups excluding carboxylic acids is 3. The first-order valence-corrected chi connectivity index (χ1v) is 11.4. The molecule has 0 aliphatic heterocycles. The molecule has 10 nitrogen and oxygen atoms in total. The highest BCUT2D eigenvalue weighted by molar-refractivity contribution is 5.94. The summed E-state index contributed by atoms with van der Waals surface area (Å²) in [7, 11) is 3.01. The Morgan fingerprint density at radius 1 is 0.939 bits per heavy atom. The average molecular weight is 464 g/mol. The maximum absolute atomic E-state index is 12.3. The summed E-state index contributed by atoms with van der Waals surface area (Å²) in [6, 6.07) is 5.76. The van der Waals surface area contributed by atoms with Crippen molar-refractivity contribution >= 4 is 29.4 Å². The summed E-state index contributed by atoms with van der Waals surface area (Å²) >= 11 is 0. The molecule has 0 spiro atoms. The molecule has 0 aromatic heterocycles. The molecule has 1 aromatic carbocycles. The summed E-state index contributed by atoms with van der Waals surface area (Å²) in [4.78, 5) is 47.5. The van der Waals surface area contributed by atoms with E-state index >= 15 is 0 Å². The van der Waals surface area contributed by atoms with Crippen molar-refractivity contribution in [3.8, 4) is 0 Å². The van der Waals surface area contributed by atoms with Crippen molar-refractivity contribution in [1.82, 2.24) is 21.3 Å². The van der Waals surface area contributed by atoms with Crippen molar-refractivity contribution in [3.05, 3.63) is 29.8 Å². The summed E-state index contributed by atoms with van der Waals surface area (Å²) in [5.74, 6) is -1.88. The molecule has 0 saturated heterocycles. The van der Waals surface area contributed by atoms with Crippen LogP contribution in [0.4, 0.5) is 5.69 Å². The van der Waals surface area contributed by atoms with E-state index in [0.29, 0.717) is 31.4 Å². The Hall–Kier alpha value is -3.14. The van der Waals surface area contributed by atoms with Gasteiger partial charge in [0.2, 0.25) is 11.8 Å². The van der Waals surface area contributed by atoms with Gasteiger partial charge in [0.25, 0.3) is 5.91 Å². The first-order valence-electron chi connectivity index (χ1n) is 11.4. The third-order valence-corrected chi connectivity index (χ3v) is 5.14. The fourth-order valence-corrected chi connectivity index (χ4v) is 3.16. The van der Waals surface area contributed by atoms with Crippen molar-refractivity contribution in [1.29, 1.82) is 0 Å². The van der Waals surface area contributed by atoms with Crippen LogP contribution in [-0.2, 0) is 14.4 Å². The van der Waals surface area contributed by atoms with Crippen LogP contribution in [0.1, 0.15) is 55.8 Å². The molecule has 6 N–H and O–H groups in total. The Labute approximate surface area is 195 Å². The Morgan fingerprint density at radius 2 is 1.64 bits per heavy atom. The van der Waals surface area contributed by atoms with Crippen LogP contribution in [0, 0.1) is 0 Å². The first kappa shape index (κ1) is 27.9. The lowest BCUT2D eigenvalue weighted by atomic mass is 10.1. The number of carboxylic acid groups (broad SMARTS) is 1. The number of benzene rings is 1. The number of unbranched alkanes of at least 4 members (excludes halogenated alkanes) is 1. The van der Waals surface area contributed by atoms with E-state index in [-0.39, 0.29) is 30.6 Å². The maximum atomic E-state index is 12.3. The van der Waals surface area contributed by atoms with Gasteiger partial charge in [-0.1, -0.05) is 6.92 Å². The molecule has 2 atom stereocenters. The van der Waals surface area contributed by atoms with Gasteiger partial charge in [0.15, 0.2) is 0 Å². The molecule has 2 unspecified atom stereocenters. The summed E-state index contributed by atoms with van der Waals surface area (Å²) in [5, 5.41) is 23.0. The zero-order valence-corrected chi connectivity index (χ0v) is 19.7. The molecule has 33 heavy (non-hydrogen) atoms. The van der Waals surface area contributed by atoms with Gasteiger partial charge in [-0.3, -0.25) is 19.2 Å². The van der Waals surface area contributed by atoms with Crippen molar-refractivity contribution in [2.24, 2.45) is 0 Å². The van der Waals surface area contributed by atoms with Crippen LogP contribution in [0.2, 0.25) is 0 Å². The molecule has 0 aliphatic carbocycles. The van der Waals surface area contributed by atoms with E-state index in [1.807, 2.05) is 12.1 Å². The lowest BCUT2D eigenvalue weighted by Crippen LogP contribution is -2.46. The van der Waals surface area contributed by atoms with Gasteiger partial charge in [0, 0.05) is 37.8 Å². The smallest absolute Gasteiger partial charge is 0.320 e. The Kier molecular flexibility index (Phi) is 13.2. The van der Waals surface area contributed by atoms with Gasteiger partial charge in [-0.15, -0.1) is 0 Å². The molecule has 0 radical (unpaired) electrons. The van der Waals surface area contributed by atoms with E-state index in [1.54, 1.807) is 12.1 Å². The average Bonchev–Trinajstić information content (AvgIpc) is 2.81. The van der Waals surface area contributed by atoms with Crippen LogP contribution in [-0.4, -0.2) is 68.1 Å². The third-order valence-electron chi connectivity index (χ3n) is 5.14. The molecule has 0 heterocycles. The van der Waals surface area contributed by atoms with Crippen LogP contribution < -0.4 is 26.6 Å². The monoisotopic (exact) mass is 463 g/mol. The van der Waals surface area contributed by atoms with E-state index in [1.165, 1.54) is 14.1 Å². The second-order valence-electron chi connectivity index (χ2n) is 7.71. The van der Waals surface area contributed by atoms with Crippen LogP contribution in [0.5, 0.6) is 0 Å². The second kappa shape index (κ2) is 15.6. The van der Waals surface area contributed by atoms with Crippen LogP contribution in [0.15, 0.2) is 24.3 Å². The van der Waals surface area contributed by atoms with Crippen molar-refractivity contribution in [2.75, 3.05) is 32.5 Å². The quantitative estimate of drug-likeness (QED) is 0.201. The first-order chi connectivity index (χ1) is 15.8. The number of carbonyl (C=O) groups is 4. The highest BCUT2D eigenvalue weighted by Gasteiger charge is 2.21. The molecular formula is C23H37N5O5. The number of amides is 3. The van der Waals surface area contributed by atoms with Gasteiger partial charge in [0.1, 0.15) is 12.1 Å². The largest absolute Gasteiger partial charge is 0.480 e. The molecule has 0 saturated carbocycles. The minimum Gasteiger partial charge on any atom is -0.480 e. The highest BCUT2D eigenvalue weighted by Crippen LogP contribution is 2.10. The van der Waals surface area contributed by atoms with E-state index in [0.717, 1.165) is 18.7 Å². The van der Waals surface area contributed by atoms with E-state index < -0.39 is 18.1 Å². The Balaban J connectivity index is 2.39. The molecule has 0 bridgehead atoms. The minimum atomic E-state index is -1.03. The van der Waals surface area contributed by atoms with Crippen molar-refractivity contribution in [3.63, 3.8) is 0 Å². The number of hydrogen-bond donors (Lipinski definition) is 6. The second-order valence-corrected chi connectivity index (χ2v) is 7.71. The number of rotatable bonds is 16. The summed E-state index contributed by atoms with van der Waals surface area (Å²) in [5.41, 5.74) is 1.55. The van der Waals surface area contributed by atoms with Gasteiger partial charge >= 0.3 is 5.97 Å². The Bertz CT molecular complexity index is 769. The number of anilines is 1. The lowest BCUT2D eigenvalue weighted by Gasteiger charge is -2.18. The normalized spacial score (nSPS) is 12.3. The lowest BCUT2D eigenvalue weighted by molar-refractivity contribution is -0.139. The molecule has 0 aliphatic rings. The maximum Gasteiger partial charge on any atom is 0.320 e. The molecule has 1 aromatic rings. The number of likely N-dealkylation sites (N-methyl/N-ethyl adjacent to an activating group) is 2. The minimum absolute atomic E-state index is 0.00584. The SMILES string of the molecule is CCCNc1ccc(C(=O)NCCCCC(NC(=O)CCC(NC)C(=O)O)C(=O)NC)cc1. The molecule has 1 rings (SSSR count). The number of aliphatic carboxylic acids is 1. The topological polar surface area (TPSA) is 149 Å². The molecule has 184 valence electrons. The van der Waals surface area contributed by atoms with Gasteiger partial charge in [-0.05, 0) is 63.4 Å². The molecule has 3 amide bonds. The van der Waals surface area contributed by atoms with E-state index in [2.05, 4.69) is 33.5 Å². The molecular weight excluding hydrogens is 426 g/mol. The zero-order valence-electron chi connectivity index (χ0n) is 19.7. The number of nitrogens with one attached hydrogen (secondary N) is 5. The predicted molar refractivity (Wildman–Crippen MR) is 127 cm³/mol. The van der Waals surface area contributed by atoms with E-state index in [9.17, 15) is 19.2 Å². The molecule has 10 heteroatoms. The third kappa shape index (κ3) is 10.8. The van der Waals surface area contributed by atoms with E-state index in [4.69, 9.17) is 5.11 Å². The van der Waals surface area contributed by atoms with Gasteiger partial charge in [-0.2, -0.15) is 0 Å². The highest BCUT2D eigenvalue weighted by atomic mass is 16.4. The summed E-state index contributed by atoms with van der Waals surface area (Å²) < 4.78 is 0. The zero-order chi connectivity index (χ0) is 24.6. The van der Waals surface area contributed by atoms with Gasteiger partial charge in [-0.25, -0.2) is 0 Å². The fraction of sp³-hybridized carbons (Fsp3) is 0.565. The van der Waals surface area contributed by atoms with Gasteiger partial charge < -0.3 is 31.7 Å². The van der Waals surface area contributed by atoms with Crippen LogP contribution in [0.3, 0.4) is 0 Å². The number of hydrogen-bond acceptors (Lipinski definition) is 6. The van der Waals surface area contributed by atoms with Crippen LogP contribution in [0.25, 0.3) is 0 Å². The fourth-order valence-electron chi connectivity index (χ4n) is 3.16. The van der Waals surface area contributed by atoms with Gasteiger partial charge in [0.05, 0.1) is 0 Å².